The maximum absolute atomic E-state index is 12.4. The minimum atomic E-state index is -3.55. The van der Waals surface area contributed by atoms with Gasteiger partial charge >= 0.3 is 0 Å². The number of hydrogen-bond donors (Lipinski definition) is 1. The third kappa shape index (κ3) is 3.79. The van der Waals surface area contributed by atoms with Crippen LogP contribution in [0.5, 0.6) is 0 Å². The highest BCUT2D eigenvalue weighted by Gasteiger charge is 2.22. The van der Waals surface area contributed by atoms with E-state index in [9.17, 15) is 8.42 Å². The molecule has 1 aromatic rings. The van der Waals surface area contributed by atoms with Gasteiger partial charge in [0.25, 0.3) is 0 Å². The van der Waals surface area contributed by atoms with Gasteiger partial charge in [-0.25, -0.2) is 8.42 Å². The van der Waals surface area contributed by atoms with Crippen LogP contribution in [0.4, 0.5) is 0 Å². The molecule has 2 atom stereocenters. The number of nitriles is 1. The summed E-state index contributed by atoms with van der Waals surface area (Å²) in [5.41, 5.74) is 0.912. The molecule has 2 unspecified atom stereocenters. The number of nitrogens with one attached hydrogen (secondary N) is 1. The van der Waals surface area contributed by atoms with Gasteiger partial charge < -0.3 is 5.32 Å². The third-order valence-corrected chi connectivity index (χ3v) is 5.07. The molecule has 1 rings (SSSR count). The zero-order chi connectivity index (χ0) is 15.3. The molecule has 6 heteroatoms. The Kier molecular flexibility index (Phi) is 5.69. The average Bonchev–Trinajstić information content (AvgIpc) is 2.46. The van der Waals surface area contributed by atoms with Crippen molar-refractivity contribution in [2.45, 2.75) is 24.8 Å². The smallest absolute Gasteiger partial charge is 0.242 e. The van der Waals surface area contributed by atoms with E-state index in [1.54, 1.807) is 25.1 Å². The second kappa shape index (κ2) is 6.84. The minimum absolute atomic E-state index is 0.0773. The van der Waals surface area contributed by atoms with Gasteiger partial charge in [-0.05, 0) is 38.6 Å². The van der Waals surface area contributed by atoms with Crippen LogP contribution in [0.15, 0.2) is 29.2 Å². The number of nitrogens with zero attached hydrogens (tertiary/aromatic N) is 2. The highest BCUT2D eigenvalue weighted by Crippen LogP contribution is 2.20. The van der Waals surface area contributed by atoms with E-state index < -0.39 is 10.0 Å². The molecule has 0 aliphatic rings. The first-order valence-corrected chi connectivity index (χ1v) is 7.90. The summed E-state index contributed by atoms with van der Waals surface area (Å²) in [6.45, 7) is 3.85. The molecule has 1 aromatic carbocycles. The average molecular weight is 295 g/mol. The van der Waals surface area contributed by atoms with Gasteiger partial charge in [0, 0.05) is 19.6 Å². The normalized spacial score (nSPS) is 14.8. The highest BCUT2D eigenvalue weighted by atomic mass is 32.2. The Hall–Kier alpha value is -1.42. The van der Waals surface area contributed by atoms with Crippen molar-refractivity contribution in [2.24, 2.45) is 5.92 Å². The van der Waals surface area contributed by atoms with Crippen LogP contribution in [0, 0.1) is 17.2 Å². The molecule has 0 aliphatic carbocycles. The van der Waals surface area contributed by atoms with Crippen molar-refractivity contribution in [3.63, 3.8) is 0 Å². The van der Waals surface area contributed by atoms with Crippen molar-refractivity contribution in [2.75, 3.05) is 20.6 Å². The lowest BCUT2D eigenvalue weighted by atomic mass is 10.1. The van der Waals surface area contributed by atoms with E-state index in [4.69, 9.17) is 5.26 Å². The van der Waals surface area contributed by atoms with Gasteiger partial charge in [-0.2, -0.15) is 9.57 Å². The Morgan fingerprint density at radius 2 is 2.05 bits per heavy atom. The topological polar surface area (TPSA) is 73.2 Å². The Balaban J connectivity index is 3.07. The first-order chi connectivity index (χ1) is 9.32. The minimum Gasteiger partial charge on any atom is -0.313 e. The van der Waals surface area contributed by atoms with E-state index >= 15 is 0 Å². The lowest BCUT2D eigenvalue weighted by Gasteiger charge is -2.19. The van der Waals surface area contributed by atoms with E-state index in [0.717, 1.165) is 5.56 Å². The molecule has 0 saturated carbocycles. The molecule has 110 valence electrons. The second-order valence-electron chi connectivity index (χ2n) is 4.90. The Bertz CT molecular complexity index is 593. The highest BCUT2D eigenvalue weighted by molar-refractivity contribution is 7.89. The SMILES string of the molecule is CNC(C)c1cccc(S(=O)(=O)N(C)CC(C)C#N)c1. The Morgan fingerprint density at radius 1 is 1.40 bits per heavy atom. The zero-order valence-electron chi connectivity index (χ0n) is 12.3. The number of rotatable bonds is 6. The van der Waals surface area contributed by atoms with Crippen LogP contribution in [0.25, 0.3) is 0 Å². The number of sulfonamides is 1. The van der Waals surface area contributed by atoms with Gasteiger partial charge in [-0.1, -0.05) is 12.1 Å². The second-order valence-corrected chi connectivity index (χ2v) is 6.94. The summed E-state index contributed by atoms with van der Waals surface area (Å²) in [6, 6.07) is 8.99. The summed E-state index contributed by atoms with van der Waals surface area (Å²) in [7, 11) is -0.231. The molecule has 0 aromatic heterocycles. The molecule has 1 N–H and O–H groups in total. The fraction of sp³-hybridized carbons (Fsp3) is 0.500. The maximum atomic E-state index is 12.4. The van der Waals surface area contributed by atoms with Crippen molar-refractivity contribution in [3.8, 4) is 6.07 Å². The molecular weight excluding hydrogens is 274 g/mol. The van der Waals surface area contributed by atoms with Gasteiger partial charge in [0.1, 0.15) is 0 Å². The first kappa shape index (κ1) is 16.6. The van der Waals surface area contributed by atoms with E-state index in [-0.39, 0.29) is 23.4 Å². The van der Waals surface area contributed by atoms with E-state index in [1.807, 2.05) is 26.1 Å². The summed E-state index contributed by atoms with van der Waals surface area (Å²) < 4.78 is 26.1. The predicted octanol–water partition coefficient (Wildman–Crippen LogP) is 1.75. The third-order valence-electron chi connectivity index (χ3n) is 3.25. The summed E-state index contributed by atoms with van der Waals surface area (Å²) in [5, 5.41) is 11.9. The first-order valence-electron chi connectivity index (χ1n) is 6.46. The van der Waals surface area contributed by atoms with Crippen LogP contribution >= 0.6 is 0 Å². The molecule has 0 spiro atoms. The molecule has 0 fully saturated rings. The summed E-state index contributed by atoms with van der Waals surface area (Å²) in [6.07, 6.45) is 0. The van der Waals surface area contributed by atoms with Crippen molar-refractivity contribution in [1.82, 2.24) is 9.62 Å². The van der Waals surface area contributed by atoms with E-state index in [1.165, 1.54) is 11.4 Å². The van der Waals surface area contributed by atoms with E-state index in [2.05, 4.69) is 5.32 Å². The molecule has 0 bridgehead atoms. The van der Waals surface area contributed by atoms with Crippen LogP contribution in [0.3, 0.4) is 0 Å². The molecule has 20 heavy (non-hydrogen) atoms. The van der Waals surface area contributed by atoms with Crippen LogP contribution in [-0.2, 0) is 10.0 Å². The summed E-state index contributed by atoms with van der Waals surface area (Å²) in [5.74, 6) is -0.339. The van der Waals surface area contributed by atoms with Crippen molar-refractivity contribution < 1.29 is 8.42 Å². The Morgan fingerprint density at radius 3 is 2.60 bits per heavy atom. The number of benzene rings is 1. The van der Waals surface area contributed by atoms with Crippen LogP contribution < -0.4 is 5.32 Å². The van der Waals surface area contributed by atoms with Gasteiger partial charge in [-0.3, -0.25) is 0 Å². The summed E-state index contributed by atoms with van der Waals surface area (Å²) >= 11 is 0. The fourth-order valence-corrected chi connectivity index (χ4v) is 3.13. The lowest BCUT2D eigenvalue weighted by Crippen LogP contribution is -2.31. The quantitative estimate of drug-likeness (QED) is 0.867. The molecule has 0 amide bonds. The fourth-order valence-electron chi connectivity index (χ4n) is 1.82. The largest absolute Gasteiger partial charge is 0.313 e. The molecule has 0 radical (unpaired) electrons. The molecule has 5 nitrogen and oxygen atoms in total. The van der Waals surface area contributed by atoms with Gasteiger partial charge in [-0.15, -0.1) is 0 Å². The monoisotopic (exact) mass is 295 g/mol. The van der Waals surface area contributed by atoms with Gasteiger partial charge in [0.2, 0.25) is 10.0 Å². The molecule has 0 aliphatic heterocycles. The standard InChI is InChI=1S/C14H21N3O2S/c1-11(9-15)10-17(4)20(18,19)14-7-5-6-13(8-14)12(2)16-3/h5-8,11-12,16H,10H2,1-4H3. The van der Waals surface area contributed by atoms with Crippen LogP contribution in [-0.4, -0.2) is 33.4 Å². The van der Waals surface area contributed by atoms with Crippen LogP contribution in [0.1, 0.15) is 25.5 Å². The number of hydrogen-bond acceptors (Lipinski definition) is 4. The zero-order valence-corrected chi connectivity index (χ0v) is 13.1. The van der Waals surface area contributed by atoms with Gasteiger partial charge in [0.15, 0.2) is 0 Å². The van der Waals surface area contributed by atoms with Crippen molar-refractivity contribution in [1.29, 1.82) is 5.26 Å². The van der Waals surface area contributed by atoms with Crippen molar-refractivity contribution >= 4 is 10.0 Å². The maximum Gasteiger partial charge on any atom is 0.242 e. The predicted molar refractivity (Wildman–Crippen MR) is 78.5 cm³/mol. The molecule has 0 saturated heterocycles. The van der Waals surface area contributed by atoms with Gasteiger partial charge in [0.05, 0.1) is 16.9 Å². The molecular formula is C14H21N3O2S. The summed E-state index contributed by atoms with van der Waals surface area (Å²) in [4.78, 5) is 0.254. The molecule has 0 heterocycles. The van der Waals surface area contributed by atoms with E-state index in [0.29, 0.717) is 0 Å². The van der Waals surface area contributed by atoms with Crippen LogP contribution in [0.2, 0.25) is 0 Å². The van der Waals surface area contributed by atoms with Crippen molar-refractivity contribution in [3.05, 3.63) is 29.8 Å². The Labute approximate surface area is 121 Å². The lowest BCUT2D eigenvalue weighted by molar-refractivity contribution is 0.439.